The third-order valence-electron chi connectivity index (χ3n) is 6.04. The Morgan fingerprint density at radius 2 is 1.72 bits per heavy atom. The molecule has 7 heteroatoms. The Morgan fingerprint density at radius 1 is 1.03 bits per heavy atom. The predicted molar refractivity (Wildman–Crippen MR) is 107 cm³/mol. The second-order valence-electron chi connectivity index (χ2n) is 7.96. The Hall–Kier alpha value is -2.80. The highest BCUT2D eigenvalue weighted by Gasteiger charge is 2.41. The molecule has 2 aliphatic heterocycles. The summed E-state index contributed by atoms with van der Waals surface area (Å²) in [5.41, 5.74) is 7.10. The molecule has 0 saturated carbocycles. The fourth-order valence-electron chi connectivity index (χ4n) is 4.63. The van der Waals surface area contributed by atoms with Gasteiger partial charge in [-0.3, -0.25) is 9.59 Å². The Bertz CT molecular complexity index is 905. The minimum atomic E-state index is -0.701. The van der Waals surface area contributed by atoms with Gasteiger partial charge in [0.05, 0.1) is 5.56 Å². The van der Waals surface area contributed by atoms with Crippen LogP contribution in [0.15, 0.2) is 42.6 Å². The lowest BCUT2D eigenvalue weighted by molar-refractivity contribution is 0.0768. The van der Waals surface area contributed by atoms with Crippen molar-refractivity contribution in [3.05, 3.63) is 65.2 Å². The van der Waals surface area contributed by atoms with Crippen molar-refractivity contribution in [3.8, 4) is 0 Å². The van der Waals surface area contributed by atoms with Crippen LogP contribution in [0.4, 0.5) is 4.39 Å². The Morgan fingerprint density at radius 3 is 2.41 bits per heavy atom. The summed E-state index contributed by atoms with van der Waals surface area (Å²) in [6, 6.07) is 10.6. The van der Waals surface area contributed by atoms with Crippen molar-refractivity contribution < 1.29 is 14.0 Å². The van der Waals surface area contributed by atoms with E-state index in [4.69, 9.17) is 5.73 Å². The van der Waals surface area contributed by atoms with Crippen LogP contribution in [0.25, 0.3) is 0 Å². The number of fused-ring (bicyclic) bond motifs is 1. The molecule has 2 aliphatic rings. The average Bonchev–Trinajstić information content (AvgIpc) is 3.27. The standard InChI is InChI=1S/C22H25FN4O2/c23-20-19(8-3-9-25-20)22(29)27-13-16-11-26(12-17(16)14-27)10-4-6-15-5-1-2-7-18(15)21(24)28/h1-3,5,7-9,16-17H,4,6,10-14H2,(H2,24,28)/t16-,17?/m0/s1. The van der Waals surface area contributed by atoms with E-state index in [1.807, 2.05) is 18.2 Å². The van der Waals surface area contributed by atoms with E-state index in [0.717, 1.165) is 38.0 Å². The van der Waals surface area contributed by atoms with Crippen LogP contribution in [0.3, 0.4) is 0 Å². The van der Waals surface area contributed by atoms with E-state index in [9.17, 15) is 14.0 Å². The predicted octanol–water partition coefficient (Wildman–Crippen LogP) is 1.96. The van der Waals surface area contributed by atoms with Crippen molar-refractivity contribution in [3.63, 3.8) is 0 Å². The molecule has 1 unspecified atom stereocenters. The Balaban J connectivity index is 1.27. The van der Waals surface area contributed by atoms with Crippen LogP contribution in [0.1, 0.15) is 32.7 Å². The molecule has 29 heavy (non-hydrogen) atoms. The maximum absolute atomic E-state index is 13.8. The van der Waals surface area contributed by atoms with Crippen LogP contribution in [0, 0.1) is 17.8 Å². The van der Waals surface area contributed by atoms with Crippen molar-refractivity contribution in [2.75, 3.05) is 32.7 Å². The number of benzene rings is 1. The molecule has 2 saturated heterocycles. The highest BCUT2D eigenvalue weighted by Crippen LogP contribution is 2.32. The molecule has 0 radical (unpaired) electrons. The number of aromatic nitrogens is 1. The second kappa shape index (κ2) is 8.29. The van der Waals surface area contributed by atoms with Crippen molar-refractivity contribution >= 4 is 11.8 Å². The van der Waals surface area contributed by atoms with Crippen LogP contribution < -0.4 is 5.73 Å². The molecule has 152 valence electrons. The summed E-state index contributed by atoms with van der Waals surface area (Å²) in [7, 11) is 0. The first-order chi connectivity index (χ1) is 14.0. The van der Waals surface area contributed by atoms with Crippen molar-refractivity contribution in [2.24, 2.45) is 17.6 Å². The third-order valence-corrected chi connectivity index (χ3v) is 6.04. The normalized spacial score (nSPS) is 21.3. The van der Waals surface area contributed by atoms with Gasteiger partial charge in [0, 0.05) is 37.9 Å². The number of pyridine rings is 1. The van der Waals surface area contributed by atoms with E-state index in [1.54, 1.807) is 17.0 Å². The zero-order valence-corrected chi connectivity index (χ0v) is 16.3. The molecular weight excluding hydrogens is 371 g/mol. The zero-order chi connectivity index (χ0) is 20.4. The van der Waals surface area contributed by atoms with E-state index in [1.165, 1.54) is 12.3 Å². The maximum atomic E-state index is 13.8. The van der Waals surface area contributed by atoms with Gasteiger partial charge in [0.25, 0.3) is 5.91 Å². The highest BCUT2D eigenvalue weighted by atomic mass is 19.1. The minimum Gasteiger partial charge on any atom is -0.366 e. The molecular formula is C22H25FN4O2. The number of carbonyl (C=O) groups is 2. The zero-order valence-electron chi connectivity index (χ0n) is 16.3. The van der Waals surface area contributed by atoms with E-state index in [0.29, 0.717) is 30.5 Å². The van der Waals surface area contributed by atoms with Crippen molar-refractivity contribution in [1.29, 1.82) is 0 Å². The summed E-state index contributed by atoms with van der Waals surface area (Å²) in [6.45, 7) is 4.17. The van der Waals surface area contributed by atoms with Crippen LogP contribution >= 0.6 is 0 Å². The van der Waals surface area contributed by atoms with Gasteiger partial charge in [-0.25, -0.2) is 4.98 Å². The molecule has 2 aromatic rings. The van der Waals surface area contributed by atoms with Crippen molar-refractivity contribution in [1.82, 2.24) is 14.8 Å². The first-order valence-corrected chi connectivity index (χ1v) is 10.0. The number of primary amides is 1. The molecule has 1 aromatic heterocycles. The van der Waals surface area contributed by atoms with E-state index >= 15 is 0 Å². The second-order valence-corrected chi connectivity index (χ2v) is 7.96. The Kier molecular flexibility index (Phi) is 5.58. The number of nitrogens with two attached hydrogens (primary N) is 1. The summed E-state index contributed by atoms with van der Waals surface area (Å²) >= 11 is 0. The van der Waals surface area contributed by atoms with Crippen LogP contribution in [0.5, 0.6) is 0 Å². The van der Waals surface area contributed by atoms with Gasteiger partial charge < -0.3 is 15.5 Å². The maximum Gasteiger partial charge on any atom is 0.258 e. The number of hydrogen-bond donors (Lipinski definition) is 1. The quantitative estimate of drug-likeness (QED) is 0.757. The lowest BCUT2D eigenvalue weighted by Crippen LogP contribution is -2.34. The molecule has 0 spiro atoms. The van der Waals surface area contributed by atoms with Crippen LogP contribution in [-0.2, 0) is 6.42 Å². The fourth-order valence-corrected chi connectivity index (χ4v) is 4.63. The summed E-state index contributed by atoms with van der Waals surface area (Å²) in [4.78, 5) is 31.9. The molecule has 4 rings (SSSR count). The molecule has 1 aromatic carbocycles. The highest BCUT2D eigenvalue weighted by molar-refractivity contribution is 5.94. The minimum absolute atomic E-state index is 0.0532. The monoisotopic (exact) mass is 396 g/mol. The summed E-state index contributed by atoms with van der Waals surface area (Å²) in [5.74, 6) is -0.494. The number of carbonyl (C=O) groups excluding carboxylic acids is 2. The molecule has 6 nitrogen and oxygen atoms in total. The van der Waals surface area contributed by atoms with Gasteiger partial charge in [-0.2, -0.15) is 4.39 Å². The largest absolute Gasteiger partial charge is 0.366 e. The smallest absolute Gasteiger partial charge is 0.258 e. The number of amides is 2. The number of nitrogens with zero attached hydrogens (tertiary/aromatic N) is 3. The summed E-state index contributed by atoms with van der Waals surface area (Å²) in [5, 5.41) is 0. The molecule has 0 aliphatic carbocycles. The molecule has 2 amide bonds. The van der Waals surface area contributed by atoms with Gasteiger partial charge >= 0.3 is 0 Å². The van der Waals surface area contributed by atoms with Gasteiger partial charge in [-0.15, -0.1) is 0 Å². The topological polar surface area (TPSA) is 79.5 Å². The Labute approximate surface area is 169 Å². The van der Waals surface area contributed by atoms with Gasteiger partial charge in [-0.05, 0) is 55.0 Å². The molecule has 2 fully saturated rings. The van der Waals surface area contributed by atoms with Crippen molar-refractivity contribution in [2.45, 2.75) is 12.8 Å². The fraction of sp³-hybridized carbons (Fsp3) is 0.409. The molecule has 2 N–H and O–H groups in total. The van der Waals surface area contributed by atoms with E-state index in [-0.39, 0.29) is 17.4 Å². The number of halogens is 1. The molecule has 2 atom stereocenters. The number of hydrogen-bond acceptors (Lipinski definition) is 4. The molecule has 3 heterocycles. The van der Waals surface area contributed by atoms with Gasteiger partial charge in [0.15, 0.2) is 0 Å². The number of likely N-dealkylation sites (tertiary alicyclic amines) is 2. The lowest BCUT2D eigenvalue weighted by atomic mass is 10.0. The van der Waals surface area contributed by atoms with E-state index in [2.05, 4.69) is 9.88 Å². The van der Waals surface area contributed by atoms with E-state index < -0.39 is 5.95 Å². The SMILES string of the molecule is NC(=O)c1ccccc1CCCN1CC2CN(C(=O)c3cccnc3F)C[C@@H]2C1. The summed E-state index contributed by atoms with van der Waals surface area (Å²) < 4.78 is 13.8. The van der Waals surface area contributed by atoms with Gasteiger partial charge in [0.2, 0.25) is 11.9 Å². The van der Waals surface area contributed by atoms with Gasteiger partial charge in [-0.1, -0.05) is 18.2 Å². The average molecular weight is 396 g/mol. The van der Waals surface area contributed by atoms with Crippen LogP contribution in [-0.4, -0.2) is 59.3 Å². The summed E-state index contributed by atoms with van der Waals surface area (Å²) in [6.07, 6.45) is 3.12. The molecule has 0 bridgehead atoms. The first kappa shape index (κ1) is 19.5. The van der Waals surface area contributed by atoms with Gasteiger partial charge in [0.1, 0.15) is 0 Å². The first-order valence-electron chi connectivity index (χ1n) is 10.0. The number of rotatable bonds is 6. The number of aryl methyl sites for hydroxylation is 1. The third kappa shape index (κ3) is 4.15. The lowest BCUT2D eigenvalue weighted by Gasteiger charge is -2.21. The van der Waals surface area contributed by atoms with Crippen LogP contribution in [0.2, 0.25) is 0 Å².